The van der Waals surface area contributed by atoms with Crippen LogP contribution in [0.15, 0.2) is 12.4 Å². The molecule has 3 unspecified atom stereocenters. The molecule has 2 aliphatic heterocycles. The highest BCUT2D eigenvalue weighted by Crippen LogP contribution is 2.24. The van der Waals surface area contributed by atoms with Crippen molar-refractivity contribution >= 4 is 11.6 Å². The molecule has 0 aromatic carbocycles. The van der Waals surface area contributed by atoms with Gasteiger partial charge in [-0.05, 0) is 26.7 Å². The van der Waals surface area contributed by atoms with E-state index in [0.29, 0.717) is 12.2 Å². The molecule has 2 fully saturated rings. The number of rotatable bonds is 6. The molecule has 0 amide bonds. The number of aliphatic hydroxyl groups is 1. The first-order valence-electron chi connectivity index (χ1n) is 8.97. The van der Waals surface area contributed by atoms with E-state index in [1.165, 1.54) is 0 Å². The average Bonchev–Trinajstić information content (AvgIpc) is 3.03. The molecular formula is C17H29N5O2. The third-order valence-electron chi connectivity index (χ3n) is 4.76. The summed E-state index contributed by atoms with van der Waals surface area (Å²) in [6, 6.07) is 2.17. The van der Waals surface area contributed by atoms with Gasteiger partial charge < -0.3 is 20.1 Å². The predicted molar refractivity (Wildman–Crippen MR) is 94.4 cm³/mol. The van der Waals surface area contributed by atoms with Crippen LogP contribution in [-0.4, -0.2) is 77.6 Å². The van der Waals surface area contributed by atoms with Crippen LogP contribution in [0.1, 0.15) is 26.7 Å². The van der Waals surface area contributed by atoms with E-state index in [2.05, 4.69) is 38.9 Å². The molecule has 3 atom stereocenters. The van der Waals surface area contributed by atoms with Gasteiger partial charge in [-0.1, -0.05) is 0 Å². The van der Waals surface area contributed by atoms with Crippen molar-refractivity contribution in [2.75, 3.05) is 49.5 Å². The van der Waals surface area contributed by atoms with Crippen LogP contribution < -0.4 is 10.2 Å². The number of morpholine rings is 1. The van der Waals surface area contributed by atoms with E-state index in [1.54, 1.807) is 6.33 Å². The maximum absolute atomic E-state index is 9.48. The van der Waals surface area contributed by atoms with Gasteiger partial charge in [0.2, 0.25) is 0 Å². The standard InChI is InChI=1S/C17H29N5O2/c1-13-9-21(10-14(2)24-13)7-5-18-16-8-17(20-12-19-16)22-6-3-4-15(22)11-23/h8,12-15,23H,3-7,9-11H2,1-2H3,(H,18,19,20). The molecule has 0 saturated carbocycles. The Morgan fingerprint density at radius 2 is 2.08 bits per heavy atom. The SMILES string of the molecule is CC1CN(CCNc2cc(N3CCCC3CO)ncn2)CC(C)O1. The summed E-state index contributed by atoms with van der Waals surface area (Å²) in [7, 11) is 0. The first kappa shape index (κ1) is 17.4. The highest BCUT2D eigenvalue weighted by atomic mass is 16.5. The number of aliphatic hydroxyl groups excluding tert-OH is 1. The van der Waals surface area contributed by atoms with E-state index in [-0.39, 0.29) is 12.6 Å². The molecule has 1 aromatic heterocycles. The molecule has 0 aliphatic carbocycles. The van der Waals surface area contributed by atoms with Crippen molar-refractivity contribution < 1.29 is 9.84 Å². The first-order valence-corrected chi connectivity index (χ1v) is 8.97. The van der Waals surface area contributed by atoms with Crippen LogP contribution in [0.3, 0.4) is 0 Å². The zero-order valence-corrected chi connectivity index (χ0v) is 14.7. The van der Waals surface area contributed by atoms with Gasteiger partial charge in [-0.15, -0.1) is 0 Å². The van der Waals surface area contributed by atoms with Crippen molar-refractivity contribution in [3.05, 3.63) is 12.4 Å². The number of ether oxygens (including phenoxy) is 1. The maximum Gasteiger partial charge on any atom is 0.134 e. The van der Waals surface area contributed by atoms with Crippen molar-refractivity contribution in [3.63, 3.8) is 0 Å². The Labute approximate surface area is 144 Å². The molecule has 3 heterocycles. The highest BCUT2D eigenvalue weighted by Gasteiger charge is 2.25. The number of aromatic nitrogens is 2. The lowest BCUT2D eigenvalue weighted by molar-refractivity contribution is -0.0667. The van der Waals surface area contributed by atoms with E-state index >= 15 is 0 Å². The van der Waals surface area contributed by atoms with Crippen molar-refractivity contribution in [1.29, 1.82) is 0 Å². The Kier molecular flexibility index (Phi) is 5.86. The Bertz CT molecular complexity index is 519. The molecule has 0 spiro atoms. The summed E-state index contributed by atoms with van der Waals surface area (Å²) in [4.78, 5) is 13.3. The summed E-state index contributed by atoms with van der Waals surface area (Å²) < 4.78 is 5.77. The summed E-state index contributed by atoms with van der Waals surface area (Å²) in [5, 5.41) is 12.9. The van der Waals surface area contributed by atoms with Crippen LogP contribution in [-0.2, 0) is 4.74 Å². The fraction of sp³-hybridized carbons (Fsp3) is 0.765. The molecule has 2 N–H and O–H groups in total. The minimum absolute atomic E-state index is 0.181. The monoisotopic (exact) mass is 335 g/mol. The number of anilines is 2. The fourth-order valence-corrected chi connectivity index (χ4v) is 3.74. The maximum atomic E-state index is 9.48. The minimum Gasteiger partial charge on any atom is -0.394 e. The van der Waals surface area contributed by atoms with Crippen molar-refractivity contribution in [1.82, 2.24) is 14.9 Å². The second-order valence-electron chi connectivity index (χ2n) is 6.88. The van der Waals surface area contributed by atoms with Gasteiger partial charge in [-0.25, -0.2) is 9.97 Å². The molecule has 2 aliphatic rings. The molecule has 3 rings (SSSR count). The average molecular weight is 335 g/mol. The fourth-order valence-electron chi connectivity index (χ4n) is 3.74. The van der Waals surface area contributed by atoms with Gasteiger partial charge in [0.15, 0.2) is 0 Å². The summed E-state index contributed by atoms with van der Waals surface area (Å²) >= 11 is 0. The van der Waals surface area contributed by atoms with Crippen LogP contribution in [0.4, 0.5) is 11.6 Å². The Morgan fingerprint density at radius 3 is 2.83 bits per heavy atom. The second-order valence-corrected chi connectivity index (χ2v) is 6.88. The molecule has 2 saturated heterocycles. The summed E-state index contributed by atoms with van der Waals surface area (Å²) in [6.07, 6.45) is 4.32. The Morgan fingerprint density at radius 1 is 1.29 bits per heavy atom. The molecule has 0 bridgehead atoms. The van der Waals surface area contributed by atoms with Crippen molar-refractivity contribution in [3.8, 4) is 0 Å². The smallest absolute Gasteiger partial charge is 0.134 e. The number of nitrogens with zero attached hydrogens (tertiary/aromatic N) is 4. The van der Waals surface area contributed by atoms with Gasteiger partial charge in [-0.2, -0.15) is 0 Å². The molecule has 1 aromatic rings. The number of hydrogen-bond acceptors (Lipinski definition) is 7. The van der Waals surface area contributed by atoms with Gasteiger partial charge in [0.1, 0.15) is 18.0 Å². The molecule has 0 radical (unpaired) electrons. The zero-order chi connectivity index (χ0) is 16.9. The lowest BCUT2D eigenvalue weighted by Crippen LogP contribution is -2.46. The van der Waals surface area contributed by atoms with Crippen LogP contribution in [0, 0.1) is 0 Å². The normalized spacial score (nSPS) is 28.3. The van der Waals surface area contributed by atoms with E-state index in [0.717, 1.165) is 57.2 Å². The number of nitrogens with one attached hydrogen (secondary N) is 1. The van der Waals surface area contributed by atoms with Crippen LogP contribution in [0.2, 0.25) is 0 Å². The highest BCUT2D eigenvalue weighted by molar-refractivity contribution is 5.49. The van der Waals surface area contributed by atoms with Gasteiger partial charge in [0.25, 0.3) is 0 Å². The lowest BCUT2D eigenvalue weighted by Gasteiger charge is -2.35. The van der Waals surface area contributed by atoms with Gasteiger partial charge in [0, 0.05) is 38.8 Å². The molecule has 7 heteroatoms. The Balaban J connectivity index is 1.51. The van der Waals surface area contributed by atoms with Gasteiger partial charge >= 0.3 is 0 Å². The van der Waals surface area contributed by atoms with Crippen LogP contribution in [0.5, 0.6) is 0 Å². The third kappa shape index (κ3) is 4.34. The molecular weight excluding hydrogens is 306 g/mol. The van der Waals surface area contributed by atoms with E-state index < -0.39 is 0 Å². The first-order chi connectivity index (χ1) is 11.7. The Hall–Kier alpha value is -1.44. The largest absolute Gasteiger partial charge is 0.394 e. The topological polar surface area (TPSA) is 73.8 Å². The molecule has 24 heavy (non-hydrogen) atoms. The predicted octanol–water partition coefficient (Wildman–Crippen LogP) is 0.959. The minimum atomic E-state index is 0.181. The van der Waals surface area contributed by atoms with Crippen molar-refractivity contribution in [2.45, 2.75) is 44.9 Å². The van der Waals surface area contributed by atoms with Crippen LogP contribution >= 0.6 is 0 Å². The van der Waals surface area contributed by atoms with E-state index in [4.69, 9.17) is 4.74 Å². The quantitative estimate of drug-likeness (QED) is 0.802. The molecule has 134 valence electrons. The molecule has 7 nitrogen and oxygen atoms in total. The third-order valence-corrected chi connectivity index (χ3v) is 4.76. The summed E-state index contributed by atoms with van der Waals surface area (Å²) in [6.45, 7) is 9.16. The van der Waals surface area contributed by atoms with Gasteiger partial charge in [-0.3, -0.25) is 4.90 Å². The van der Waals surface area contributed by atoms with E-state index in [1.807, 2.05) is 6.07 Å². The van der Waals surface area contributed by atoms with Crippen LogP contribution in [0.25, 0.3) is 0 Å². The summed E-state index contributed by atoms with van der Waals surface area (Å²) in [5.74, 6) is 1.75. The van der Waals surface area contributed by atoms with Gasteiger partial charge in [0.05, 0.1) is 24.9 Å². The second kappa shape index (κ2) is 8.09. The lowest BCUT2D eigenvalue weighted by atomic mass is 10.2. The van der Waals surface area contributed by atoms with Crippen molar-refractivity contribution in [2.24, 2.45) is 0 Å². The summed E-state index contributed by atoms with van der Waals surface area (Å²) in [5.41, 5.74) is 0. The van der Waals surface area contributed by atoms with E-state index in [9.17, 15) is 5.11 Å². The zero-order valence-electron chi connectivity index (χ0n) is 14.7. The number of hydrogen-bond donors (Lipinski definition) is 2.